The summed E-state index contributed by atoms with van der Waals surface area (Å²) in [6.07, 6.45) is 6.39. The van der Waals surface area contributed by atoms with Crippen LogP contribution in [0.25, 0.3) is 16.8 Å². The van der Waals surface area contributed by atoms with Gasteiger partial charge >= 0.3 is 0 Å². The zero-order chi connectivity index (χ0) is 24.3. The first-order valence-corrected chi connectivity index (χ1v) is 11.6. The average Bonchev–Trinajstić information content (AvgIpc) is 3.09. The number of para-hydroxylation sites is 1. The number of hydrogen-bond donors (Lipinski definition) is 1. The van der Waals surface area contributed by atoms with Crippen LogP contribution in [0.2, 0.25) is 0 Å². The molecule has 0 radical (unpaired) electrons. The first-order valence-electron chi connectivity index (χ1n) is 11.6. The largest absolute Gasteiger partial charge is 0.375 e. The van der Waals surface area contributed by atoms with Gasteiger partial charge in [0.2, 0.25) is 0 Å². The number of rotatable bonds is 7. The molecule has 4 aromatic carbocycles. The molecule has 0 fully saturated rings. The highest BCUT2D eigenvalue weighted by atomic mass is 16.3. The Bertz CT molecular complexity index is 1450. The lowest BCUT2D eigenvalue weighted by Gasteiger charge is -2.23. The van der Waals surface area contributed by atoms with Gasteiger partial charge < -0.3 is 10.0 Å². The van der Waals surface area contributed by atoms with Gasteiger partial charge in [-0.1, -0.05) is 109 Å². The van der Waals surface area contributed by atoms with Crippen molar-refractivity contribution in [3.63, 3.8) is 0 Å². The predicted octanol–water partition coefficient (Wildman–Crippen LogP) is 5.80. The van der Waals surface area contributed by atoms with Crippen LogP contribution in [-0.2, 0) is 21.7 Å². The summed E-state index contributed by atoms with van der Waals surface area (Å²) in [5.41, 5.74) is 1.20. The van der Waals surface area contributed by atoms with Crippen molar-refractivity contribution in [3.8, 4) is 0 Å². The van der Waals surface area contributed by atoms with Crippen LogP contribution in [0.4, 0.5) is 5.69 Å². The van der Waals surface area contributed by atoms with E-state index in [0.717, 1.165) is 21.9 Å². The van der Waals surface area contributed by atoms with E-state index in [9.17, 15) is 14.7 Å². The Morgan fingerprint density at radius 3 is 2.40 bits per heavy atom. The van der Waals surface area contributed by atoms with E-state index in [2.05, 4.69) is 0 Å². The summed E-state index contributed by atoms with van der Waals surface area (Å²) < 4.78 is 0. The van der Waals surface area contributed by atoms with Crippen molar-refractivity contribution in [1.29, 1.82) is 0 Å². The third-order valence-electron chi connectivity index (χ3n) is 6.36. The maximum absolute atomic E-state index is 13.6. The summed E-state index contributed by atoms with van der Waals surface area (Å²) in [6, 6.07) is 30.9. The molecule has 4 heteroatoms. The molecule has 1 aliphatic heterocycles. The number of amides is 1. The van der Waals surface area contributed by atoms with Gasteiger partial charge in [0.1, 0.15) is 0 Å². The number of nitrogens with zero attached hydrogens (tertiary/aromatic N) is 1. The van der Waals surface area contributed by atoms with E-state index in [1.807, 2.05) is 91.0 Å². The van der Waals surface area contributed by atoms with Gasteiger partial charge in [0.15, 0.2) is 11.4 Å². The molecule has 0 spiro atoms. The molecule has 1 heterocycles. The summed E-state index contributed by atoms with van der Waals surface area (Å²) in [4.78, 5) is 27.9. The maximum Gasteiger partial charge on any atom is 0.264 e. The van der Waals surface area contributed by atoms with Gasteiger partial charge in [-0.2, -0.15) is 0 Å². The monoisotopic (exact) mass is 459 g/mol. The number of benzene rings is 4. The highest BCUT2D eigenvalue weighted by Crippen LogP contribution is 2.43. The highest BCUT2D eigenvalue weighted by molar-refractivity contribution is 6.10. The van der Waals surface area contributed by atoms with E-state index in [0.29, 0.717) is 17.8 Å². The standard InChI is InChI=1S/C31H25NO3/c33-26(17-6-4-13-23-11-2-1-3-12-23)21-31(35)28-19-8-9-20-29(28)32(30(31)34)22-25-16-10-15-24-14-5-7-18-27(24)25/h1-20,35H,21-22H2/b13-4+,17-6+/t31-/m1/s1. The number of fused-ring (bicyclic) bond motifs is 2. The molecular weight excluding hydrogens is 434 g/mol. The number of hydrogen-bond acceptors (Lipinski definition) is 3. The topological polar surface area (TPSA) is 57.6 Å². The first-order chi connectivity index (χ1) is 17.1. The molecule has 4 aromatic rings. The number of ketones is 1. The number of carbonyl (C=O) groups is 2. The smallest absolute Gasteiger partial charge is 0.264 e. The van der Waals surface area contributed by atoms with Gasteiger partial charge in [0.25, 0.3) is 5.91 Å². The molecular formula is C31H25NO3. The van der Waals surface area contributed by atoms with Crippen molar-refractivity contribution < 1.29 is 14.7 Å². The highest BCUT2D eigenvalue weighted by Gasteiger charge is 2.50. The van der Waals surface area contributed by atoms with Crippen LogP contribution in [0.1, 0.15) is 23.1 Å². The van der Waals surface area contributed by atoms with Gasteiger partial charge in [-0.25, -0.2) is 0 Å². The SMILES string of the molecule is O=C(/C=C/C=C/c1ccccc1)C[C@]1(O)C(=O)N(Cc2cccc3ccccc23)c2ccccc21. The van der Waals surface area contributed by atoms with Gasteiger partial charge in [-0.3, -0.25) is 9.59 Å². The van der Waals surface area contributed by atoms with Crippen LogP contribution < -0.4 is 4.90 Å². The molecule has 1 N–H and O–H groups in total. The molecule has 35 heavy (non-hydrogen) atoms. The van der Waals surface area contributed by atoms with Crippen LogP contribution >= 0.6 is 0 Å². The van der Waals surface area contributed by atoms with Crippen molar-refractivity contribution in [1.82, 2.24) is 0 Å². The third-order valence-corrected chi connectivity index (χ3v) is 6.36. The van der Waals surface area contributed by atoms with E-state index >= 15 is 0 Å². The quantitative estimate of drug-likeness (QED) is 0.281. The number of aliphatic hydroxyl groups is 1. The minimum Gasteiger partial charge on any atom is -0.375 e. The fourth-order valence-corrected chi connectivity index (χ4v) is 4.64. The van der Waals surface area contributed by atoms with Crippen LogP contribution in [0, 0.1) is 0 Å². The van der Waals surface area contributed by atoms with Crippen LogP contribution in [0.3, 0.4) is 0 Å². The fraction of sp³-hybridized carbons (Fsp3) is 0.0968. The van der Waals surface area contributed by atoms with Gasteiger partial charge in [0.05, 0.1) is 18.7 Å². The fourth-order valence-electron chi connectivity index (χ4n) is 4.64. The molecule has 1 amide bonds. The Kier molecular flexibility index (Phi) is 6.13. The number of carbonyl (C=O) groups excluding carboxylic acids is 2. The molecule has 0 bridgehead atoms. The predicted molar refractivity (Wildman–Crippen MR) is 140 cm³/mol. The van der Waals surface area contributed by atoms with Crippen LogP contribution in [-0.4, -0.2) is 16.8 Å². The van der Waals surface area contributed by atoms with Gasteiger partial charge in [-0.15, -0.1) is 0 Å². The molecule has 1 aliphatic rings. The minimum absolute atomic E-state index is 0.309. The second-order valence-electron chi connectivity index (χ2n) is 8.68. The van der Waals surface area contributed by atoms with E-state index in [-0.39, 0.29) is 12.2 Å². The summed E-state index contributed by atoms with van der Waals surface area (Å²) in [7, 11) is 0. The molecule has 0 aromatic heterocycles. The minimum atomic E-state index is -1.90. The van der Waals surface area contributed by atoms with Gasteiger partial charge in [-0.05, 0) is 34.0 Å². The molecule has 4 nitrogen and oxygen atoms in total. The summed E-state index contributed by atoms with van der Waals surface area (Å²) in [5, 5.41) is 13.7. The van der Waals surface area contributed by atoms with Crippen molar-refractivity contribution in [2.24, 2.45) is 0 Å². The van der Waals surface area contributed by atoms with Crippen molar-refractivity contribution >= 4 is 34.2 Å². The van der Waals surface area contributed by atoms with E-state index < -0.39 is 11.5 Å². The molecule has 5 rings (SSSR count). The van der Waals surface area contributed by atoms with Crippen molar-refractivity contribution in [2.45, 2.75) is 18.6 Å². The van der Waals surface area contributed by atoms with Crippen molar-refractivity contribution in [2.75, 3.05) is 4.90 Å². The molecule has 0 saturated carbocycles. The molecule has 1 atom stereocenters. The Balaban J connectivity index is 1.38. The Hall–Kier alpha value is -4.28. The average molecular weight is 460 g/mol. The van der Waals surface area contributed by atoms with E-state index in [1.54, 1.807) is 29.2 Å². The Labute approximate surface area is 204 Å². The zero-order valence-corrected chi connectivity index (χ0v) is 19.2. The molecule has 172 valence electrons. The maximum atomic E-state index is 13.6. The van der Waals surface area contributed by atoms with Gasteiger partial charge in [0, 0.05) is 5.56 Å². The summed E-state index contributed by atoms with van der Waals surface area (Å²) >= 11 is 0. The molecule has 0 saturated heterocycles. The van der Waals surface area contributed by atoms with Crippen molar-refractivity contribution in [3.05, 3.63) is 132 Å². The third kappa shape index (κ3) is 4.44. The number of anilines is 1. The van der Waals surface area contributed by atoms with E-state index in [4.69, 9.17) is 0 Å². The normalized spacial score (nSPS) is 17.5. The Morgan fingerprint density at radius 2 is 1.54 bits per heavy atom. The Morgan fingerprint density at radius 1 is 0.829 bits per heavy atom. The summed E-state index contributed by atoms with van der Waals surface area (Å²) in [6.45, 7) is 0.309. The number of allylic oxidation sites excluding steroid dienone is 3. The lowest BCUT2D eigenvalue weighted by molar-refractivity contribution is -0.140. The summed E-state index contributed by atoms with van der Waals surface area (Å²) in [5.74, 6) is -0.798. The molecule has 0 unspecified atom stereocenters. The lowest BCUT2D eigenvalue weighted by atomic mass is 9.90. The first kappa shape index (κ1) is 22.5. The zero-order valence-electron chi connectivity index (χ0n) is 19.2. The second-order valence-corrected chi connectivity index (χ2v) is 8.68. The lowest BCUT2D eigenvalue weighted by Crippen LogP contribution is -2.41. The van der Waals surface area contributed by atoms with Crippen LogP contribution in [0.15, 0.2) is 115 Å². The molecule has 0 aliphatic carbocycles. The second kappa shape index (κ2) is 9.53. The van der Waals surface area contributed by atoms with Crippen LogP contribution in [0.5, 0.6) is 0 Å². The van der Waals surface area contributed by atoms with E-state index in [1.165, 1.54) is 6.08 Å².